The molecule has 0 radical (unpaired) electrons. The molecule has 3 rings (SSSR count). The fraction of sp³-hybridized carbons (Fsp3) is 0.250. The van der Waals surface area contributed by atoms with Gasteiger partial charge in [-0.1, -0.05) is 6.92 Å². The number of hydrogen-bond donors (Lipinski definition) is 4. The molecule has 21 heavy (non-hydrogen) atoms. The molecule has 110 valence electrons. The molecule has 0 aromatic carbocycles. The van der Waals surface area contributed by atoms with Crippen LogP contribution in [0.3, 0.4) is 0 Å². The molecule has 3 heterocycles. The van der Waals surface area contributed by atoms with Gasteiger partial charge < -0.3 is 15.7 Å². The molecular formula is C12H15N7OS. The number of imidazole rings is 1. The van der Waals surface area contributed by atoms with Crippen LogP contribution in [0.5, 0.6) is 0 Å². The number of aryl methyl sites for hydroxylation is 1. The van der Waals surface area contributed by atoms with E-state index >= 15 is 0 Å². The molecule has 0 atom stereocenters. The van der Waals surface area contributed by atoms with E-state index < -0.39 is 0 Å². The Hall–Kier alpha value is -2.55. The second kappa shape index (κ2) is 6.75. The van der Waals surface area contributed by atoms with Crippen molar-refractivity contribution in [2.45, 2.75) is 19.8 Å². The molecule has 0 fully saturated rings. The second-order valence-electron chi connectivity index (χ2n) is 4.17. The minimum atomic E-state index is -0.172. The zero-order valence-corrected chi connectivity index (χ0v) is 12.2. The molecular weight excluding hydrogens is 290 g/mol. The summed E-state index contributed by atoms with van der Waals surface area (Å²) >= 11 is 4.59. The summed E-state index contributed by atoms with van der Waals surface area (Å²) in [6.45, 7) is 2.08. The van der Waals surface area contributed by atoms with Crippen molar-refractivity contribution in [3.63, 3.8) is 0 Å². The summed E-state index contributed by atoms with van der Waals surface area (Å²) in [5, 5.41) is 0. The largest absolute Gasteiger partial charge is 0.382 e. The van der Waals surface area contributed by atoms with E-state index in [1.165, 1.54) is 12.3 Å². The number of H-pyrrole nitrogens is 3. The number of aromatic amines is 3. The van der Waals surface area contributed by atoms with Crippen LogP contribution in [0, 0.1) is 4.77 Å². The van der Waals surface area contributed by atoms with E-state index in [0.29, 0.717) is 16.2 Å². The first-order valence-corrected chi connectivity index (χ1v) is 6.74. The van der Waals surface area contributed by atoms with Crippen molar-refractivity contribution in [3.05, 3.63) is 39.5 Å². The van der Waals surface area contributed by atoms with E-state index in [0.717, 1.165) is 24.2 Å². The maximum Gasteiger partial charge on any atom is 0.251 e. The van der Waals surface area contributed by atoms with Gasteiger partial charge in [0.25, 0.3) is 5.56 Å². The van der Waals surface area contributed by atoms with Gasteiger partial charge in [0, 0.05) is 18.7 Å². The third-order valence-electron chi connectivity index (χ3n) is 2.52. The lowest BCUT2D eigenvalue weighted by Crippen LogP contribution is -2.02. The highest BCUT2D eigenvalue weighted by atomic mass is 32.1. The van der Waals surface area contributed by atoms with Crippen LogP contribution >= 0.6 is 12.2 Å². The first-order chi connectivity index (χ1) is 10.1. The van der Waals surface area contributed by atoms with Gasteiger partial charge in [0.1, 0.15) is 11.3 Å². The summed E-state index contributed by atoms with van der Waals surface area (Å²) in [6, 6.07) is 1.37. The quantitative estimate of drug-likeness (QED) is 0.528. The fourth-order valence-corrected chi connectivity index (χ4v) is 1.79. The van der Waals surface area contributed by atoms with E-state index in [2.05, 4.69) is 49.0 Å². The van der Waals surface area contributed by atoms with Gasteiger partial charge in [0.05, 0.1) is 6.33 Å². The minimum absolute atomic E-state index is 0.172. The Kier molecular flexibility index (Phi) is 4.77. The predicted molar refractivity (Wildman–Crippen MR) is 82.3 cm³/mol. The van der Waals surface area contributed by atoms with Crippen LogP contribution in [0.1, 0.15) is 19.2 Å². The monoisotopic (exact) mass is 305 g/mol. The number of nitrogen functional groups attached to an aromatic ring is 1. The molecule has 0 aliphatic heterocycles. The van der Waals surface area contributed by atoms with Crippen LogP contribution < -0.4 is 11.3 Å². The molecule has 0 aliphatic rings. The standard InChI is InChI=1S/C8H11N5.C4H4N2OS/c1-2-3-5-12-7(9)6-8(13-5)11-4-10-6;7-3-1-2-5-4(8)6-3/h4H,2-3H2,1H3,(H3,9,10,11,12,13);1-2H,(H2,5,6,7,8). The summed E-state index contributed by atoms with van der Waals surface area (Å²) in [5.74, 6) is 1.24. The molecule has 5 N–H and O–H groups in total. The SMILES string of the molecule is CCCc1nc(N)c2[nH]cnc2n1.O=c1cc[nH]c(=S)[nH]1. The first kappa shape index (κ1) is 14.9. The zero-order valence-electron chi connectivity index (χ0n) is 11.4. The van der Waals surface area contributed by atoms with Gasteiger partial charge in [-0.25, -0.2) is 15.0 Å². The molecule has 3 aromatic rings. The van der Waals surface area contributed by atoms with Crippen LogP contribution in [0.15, 0.2) is 23.4 Å². The summed E-state index contributed by atoms with van der Waals surface area (Å²) in [6.07, 6.45) is 4.93. The highest BCUT2D eigenvalue weighted by Gasteiger charge is 2.05. The Morgan fingerprint density at radius 3 is 2.76 bits per heavy atom. The third kappa shape index (κ3) is 3.96. The molecule has 0 aliphatic carbocycles. The topological polar surface area (TPSA) is 129 Å². The van der Waals surface area contributed by atoms with E-state index in [4.69, 9.17) is 5.73 Å². The maximum absolute atomic E-state index is 10.3. The normalized spacial score (nSPS) is 10.1. The zero-order chi connectivity index (χ0) is 15.2. The lowest BCUT2D eigenvalue weighted by atomic mass is 10.3. The van der Waals surface area contributed by atoms with E-state index in [-0.39, 0.29) is 5.56 Å². The molecule has 0 saturated carbocycles. The van der Waals surface area contributed by atoms with Gasteiger partial charge >= 0.3 is 0 Å². The van der Waals surface area contributed by atoms with E-state index in [1.54, 1.807) is 6.33 Å². The minimum Gasteiger partial charge on any atom is -0.382 e. The number of nitrogens with two attached hydrogens (primary N) is 1. The highest BCUT2D eigenvalue weighted by molar-refractivity contribution is 7.71. The molecule has 0 bridgehead atoms. The molecule has 0 saturated heterocycles. The molecule has 3 aromatic heterocycles. The van der Waals surface area contributed by atoms with Gasteiger partial charge in [0.15, 0.2) is 16.2 Å². The summed E-state index contributed by atoms with van der Waals surface area (Å²) in [4.78, 5) is 30.7. The van der Waals surface area contributed by atoms with Crippen LogP contribution in [0.2, 0.25) is 0 Å². The van der Waals surface area contributed by atoms with Gasteiger partial charge in [-0.05, 0) is 18.6 Å². The summed E-state index contributed by atoms with van der Waals surface area (Å²) < 4.78 is 0.359. The van der Waals surface area contributed by atoms with Crippen molar-refractivity contribution in [1.29, 1.82) is 0 Å². The van der Waals surface area contributed by atoms with Crippen molar-refractivity contribution < 1.29 is 0 Å². The van der Waals surface area contributed by atoms with Gasteiger partial charge in [-0.15, -0.1) is 0 Å². The van der Waals surface area contributed by atoms with Gasteiger partial charge in [-0.3, -0.25) is 9.78 Å². The van der Waals surface area contributed by atoms with Crippen molar-refractivity contribution >= 4 is 29.2 Å². The van der Waals surface area contributed by atoms with Crippen molar-refractivity contribution in [1.82, 2.24) is 29.9 Å². The number of rotatable bonds is 2. The lowest BCUT2D eigenvalue weighted by molar-refractivity contribution is 0.845. The predicted octanol–water partition coefficient (Wildman–Crippen LogP) is 1.32. The Morgan fingerprint density at radius 2 is 2.14 bits per heavy atom. The van der Waals surface area contributed by atoms with Crippen LogP contribution in [-0.2, 0) is 6.42 Å². The summed E-state index contributed by atoms with van der Waals surface area (Å²) in [5.41, 5.74) is 6.91. The van der Waals surface area contributed by atoms with Crippen molar-refractivity contribution in [3.8, 4) is 0 Å². The molecule has 8 nitrogen and oxygen atoms in total. The Morgan fingerprint density at radius 1 is 1.33 bits per heavy atom. The smallest absolute Gasteiger partial charge is 0.251 e. The molecule has 0 spiro atoms. The molecule has 0 unspecified atom stereocenters. The third-order valence-corrected chi connectivity index (χ3v) is 2.74. The average Bonchev–Trinajstić information content (AvgIpc) is 2.88. The second-order valence-corrected chi connectivity index (χ2v) is 4.58. The van der Waals surface area contributed by atoms with Gasteiger partial charge in [0.2, 0.25) is 0 Å². The van der Waals surface area contributed by atoms with Crippen molar-refractivity contribution in [2.24, 2.45) is 0 Å². The molecule has 0 amide bonds. The summed E-state index contributed by atoms with van der Waals surface area (Å²) in [7, 11) is 0. The first-order valence-electron chi connectivity index (χ1n) is 6.33. The highest BCUT2D eigenvalue weighted by Crippen LogP contribution is 2.13. The number of aromatic nitrogens is 6. The van der Waals surface area contributed by atoms with Crippen LogP contribution in [0.4, 0.5) is 5.82 Å². The number of nitrogens with zero attached hydrogens (tertiary/aromatic N) is 3. The molecule has 9 heteroatoms. The number of anilines is 1. The fourth-order valence-electron chi connectivity index (χ4n) is 1.62. The van der Waals surface area contributed by atoms with Gasteiger partial charge in [-0.2, -0.15) is 0 Å². The van der Waals surface area contributed by atoms with E-state index in [1.807, 2.05) is 0 Å². The number of hydrogen-bond acceptors (Lipinski definition) is 6. The Bertz CT molecular complexity index is 810. The van der Waals surface area contributed by atoms with E-state index in [9.17, 15) is 4.79 Å². The maximum atomic E-state index is 10.3. The number of fused-ring (bicyclic) bond motifs is 1. The van der Waals surface area contributed by atoms with Crippen LogP contribution in [-0.4, -0.2) is 29.9 Å². The average molecular weight is 305 g/mol. The number of nitrogens with one attached hydrogen (secondary N) is 3. The Labute approximate surface area is 124 Å². The Balaban J connectivity index is 0.000000173. The lowest BCUT2D eigenvalue weighted by Gasteiger charge is -1.98. The van der Waals surface area contributed by atoms with Crippen molar-refractivity contribution in [2.75, 3.05) is 5.73 Å². The van der Waals surface area contributed by atoms with Crippen LogP contribution in [0.25, 0.3) is 11.2 Å².